The van der Waals surface area contributed by atoms with E-state index in [1.807, 2.05) is 30.3 Å². The van der Waals surface area contributed by atoms with Crippen LogP contribution in [-0.4, -0.2) is 33.0 Å². The second-order valence-corrected chi connectivity index (χ2v) is 9.91. The van der Waals surface area contributed by atoms with E-state index in [0.717, 1.165) is 26.0 Å². The minimum atomic E-state index is -1.07. The fraction of sp³-hybridized carbons (Fsp3) is 0.273. The number of carbonyl (C=O) groups excluding carboxylic acids is 1. The van der Waals surface area contributed by atoms with Crippen LogP contribution in [-0.2, 0) is 10.2 Å². The normalized spacial score (nSPS) is 12.4. The molecule has 2 N–H and O–H groups in total. The zero-order chi connectivity index (χ0) is 22.1. The van der Waals surface area contributed by atoms with Crippen molar-refractivity contribution < 1.29 is 14.7 Å². The Morgan fingerprint density at radius 1 is 1.10 bits per heavy atom. The monoisotopic (exact) mass is 487 g/mol. The number of carbonyl (C=O) groups is 2. The molecule has 3 rings (SSSR count). The predicted molar refractivity (Wildman–Crippen MR) is 122 cm³/mol. The summed E-state index contributed by atoms with van der Waals surface area (Å²) >= 11 is 4.72. The van der Waals surface area contributed by atoms with Crippen molar-refractivity contribution in [2.75, 3.05) is 0 Å². The first-order chi connectivity index (χ1) is 14.1. The molecular weight excluding hydrogens is 466 g/mol. The minimum Gasteiger partial charge on any atom is -0.480 e. The van der Waals surface area contributed by atoms with Crippen LogP contribution in [0, 0.1) is 0 Å². The van der Waals surface area contributed by atoms with Gasteiger partial charge in [-0.15, -0.1) is 11.3 Å². The molecule has 156 valence electrons. The van der Waals surface area contributed by atoms with Gasteiger partial charge >= 0.3 is 5.97 Å². The number of aromatic nitrogens is 2. The van der Waals surface area contributed by atoms with E-state index in [4.69, 9.17) is 5.11 Å². The third kappa shape index (κ3) is 4.94. The highest BCUT2D eigenvalue weighted by atomic mass is 79.9. The molecule has 0 saturated carbocycles. The Hall–Kier alpha value is -2.58. The Labute approximate surface area is 187 Å². The van der Waals surface area contributed by atoms with E-state index < -0.39 is 12.0 Å². The van der Waals surface area contributed by atoms with Crippen molar-refractivity contribution in [2.45, 2.75) is 39.2 Å². The summed E-state index contributed by atoms with van der Waals surface area (Å²) in [6, 6.07) is 8.71. The molecule has 0 spiro atoms. The van der Waals surface area contributed by atoms with Gasteiger partial charge in [-0.05, 0) is 39.9 Å². The second kappa shape index (κ2) is 8.65. The molecule has 0 unspecified atom stereocenters. The van der Waals surface area contributed by atoms with E-state index in [2.05, 4.69) is 52.0 Å². The van der Waals surface area contributed by atoms with Gasteiger partial charge in [-0.1, -0.05) is 45.0 Å². The van der Waals surface area contributed by atoms with Crippen LogP contribution in [0.1, 0.15) is 42.2 Å². The van der Waals surface area contributed by atoms with Gasteiger partial charge in [-0.3, -0.25) is 9.59 Å². The van der Waals surface area contributed by atoms with Crippen LogP contribution >= 0.6 is 27.3 Å². The van der Waals surface area contributed by atoms with Crippen LogP contribution in [0.4, 0.5) is 0 Å². The molecular formula is C22H22BrN3O3S. The molecule has 0 radical (unpaired) electrons. The van der Waals surface area contributed by atoms with E-state index in [-0.39, 0.29) is 11.3 Å². The molecule has 1 aromatic carbocycles. The Morgan fingerprint density at radius 2 is 1.67 bits per heavy atom. The summed E-state index contributed by atoms with van der Waals surface area (Å²) in [5.41, 5.74) is 2.38. The van der Waals surface area contributed by atoms with Crippen LogP contribution in [0.15, 0.2) is 47.2 Å². The van der Waals surface area contributed by atoms with Crippen molar-refractivity contribution in [1.29, 1.82) is 0 Å². The Bertz CT molecular complexity index is 1070. The van der Waals surface area contributed by atoms with E-state index in [1.54, 1.807) is 12.4 Å². The highest BCUT2D eigenvalue weighted by Gasteiger charge is 2.25. The Morgan fingerprint density at radius 3 is 2.20 bits per heavy atom. The van der Waals surface area contributed by atoms with Crippen molar-refractivity contribution >= 4 is 39.1 Å². The van der Waals surface area contributed by atoms with Gasteiger partial charge in [0.1, 0.15) is 6.04 Å². The number of benzene rings is 1. The van der Waals surface area contributed by atoms with E-state index in [9.17, 15) is 9.59 Å². The van der Waals surface area contributed by atoms with E-state index in [0.29, 0.717) is 10.7 Å². The lowest BCUT2D eigenvalue weighted by Gasteiger charge is -2.15. The van der Waals surface area contributed by atoms with Crippen molar-refractivity contribution in [3.8, 4) is 22.5 Å². The summed E-state index contributed by atoms with van der Waals surface area (Å²) in [4.78, 5) is 34.1. The van der Waals surface area contributed by atoms with Crippen molar-refractivity contribution in [1.82, 2.24) is 15.3 Å². The topological polar surface area (TPSA) is 92.2 Å². The average Bonchev–Trinajstić information content (AvgIpc) is 3.15. The number of nitrogens with one attached hydrogen (secondary N) is 1. The van der Waals surface area contributed by atoms with Crippen LogP contribution in [0.2, 0.25) is 0 Å². The standard InChI is InChI=1S/C22H22BrN3O3S/c1-12(21(28)29)26-20(27)18-16(9-17(30-18)22(2,3)4)13-5-7-14(8-6-13)19-24-10-15(23)11-25-19/h5-12H,1-4H3,(H,26,27)(H,28,29)/t12-/m0/s1. The number of rotatable bonds is 5. The molecule has 0 saturated heterocycles. The van der Waals surface area contributed by atoms with Crippen molar-refractivity contribution in [3.05, 3.63) is 57.0 Å². The lowest BCUT2D eigenvalue weighted by Crippen LogP contribution is -2.38. The summed E-state index contributed by atoms with van der Waals surface area (Å²) in [5, 5.41) is 11.7. The predicted octanol–water partition coefficient (Wildman–Crippen LogP) is 5.14. The number of hydrogen-bond acceptors (Lipinski definition) is 5. The number of carboxylic acid groups (broad SMARTS) is 1. The first-order valence-corrected chi connectivity index (χ1v) is 10.9. The summed E-state index contributed by atoms with van der Waals surface area (Å²) in [7, 11) is 0. The van der Waals surface area contributed by atoms with Gasteiger partial charge in [-0.2, -0.15) is 0 Å². The van der Waals surface area contributed by atoms with Gasteiger partial charge in [0, 0.05) is 28.4 Å². The fourth-order valence-corrected chi connectivity index (χ4v) is 4.07. The highest BCUT2D eigenvalue weighted by Crippen LogP contribution is 2.38. The van der Waals surface area contributed by atoms with Gasteiger partial charge in [-0.25, -0.2) is 9.97 Å². The van der Waals surface area contributed by atoms with Gasteiger partial charge in [0.2, 0.25) is 0 Å². The smallest absolute Gasteiger partial charge is 0.325 e. The zero-order valence-corrected chi connectivity index (χ0v) is 19.5. The molecule has 0 aliphatic heterocycles. The molecule has 6 nitrogen and oxygen atoms in total. The highest BCUT2D eigenvalue weighted by molar-refractivity contribution is 9.10. The second-order valence-electron chi connectivity index (χ2n) is 7.94. The van der Waals surface area contributed by atoms with Crippen LogP contribution in [0.5, 0.6) is 0 Å². The number of hydrogen-bond donors (Lipinski definition) is 2. The number of thiophene rings is 1. The summed E-state index contributed by atoms with van der Waals surface area (Å²) < 4.78 is 0.807. The first-order valence-electron chi connectivity index (χ1n) is 9.32. The number of halogens is 1. The largest absolute Gasteiger partial charge is 0.480 e. The van der Waals surface area contributed by atoms with Gasteiger partial charge in [0.05, 0.1) is 9.35 Å². The van der Waals surface area contributed by atoms with Crippen LogP contribution < -0.4 is 5.32 Å². The SMILES string of the molecule is C[C@H](NC(=O)c1sc(C(C)(C)C)cc1-c1ccc(-c2ncc(Br)cn2)cc1)C(=O)O. The quantitative estimate of drug-likeness (QED) is 0.519. The zero-order valence-electron chi connectivity index (χ0n) is 17.1. The summed E-state index contributed by atoms with van der Waals surface area (Å²) in [6.07, 6.45) is 3.38. The lowest BCUT2D eigenvalue weighted by atomic mass is 9.93. The fourth-order valence-electron chi connectivity index (χ4n) is 2.73. The third-order valence-corrected chi connectivity index (χ3v) is 6.44. The molecule has 0 aliphatic rings. The lowest BCUT2D eigenvalue weighted by molar-refractivity contribution is -0.138. The first kappa shape index (κ1) is 22.1. The maximum atomic E-state index is 12.8. The van der Waals surface area contributed by atoms with E-state index in [1.165, 1.54) is 18.3 Å². The molecule has 3 aromatic rings. The molecule has 8 heteroatoms. The molecule has 0 bridgehead atoms. The number of nitrogens with zero attached hydrogens (tertiary/aromatic N) is 2. The van der Waals surface area contributed by atoms with Crippen LogP contribution in [0.3, 0.4) is 0 Å². The number of carboxylic acids is 1. The minimum absolute atomic E-state index is 0.137. The Kier molecular flexibility index (Phi) is 6.38. The molecule has 2 heterocycles. The van der Waals surface area contributed by atoms with Gasteiger partial charge < -0.3 is 10.4 Å². The molecule has 1 amide bonds. The molecule has 1 atom stereocenters. The maximum Gasteiger partial charge on any atom is 0.325 e. The van der Waals surface area contributed by atoms with Crippen LogP contribution in [0.25, 0.3) is 22.5 Å². The molecule has 0 fully saturated rings. The van der Waals surface area contributed by atoms with Gasteiger partial charge in [0.25, 0.3) is 5.91 Å². The van der Waals surface area contributed by atoms with Gasteiger partial charge in [0.15, 0.2) is 5.82 Å². The molecule has 0 aliphatic carbocycles. The summed E-state index contributed by atoms with van der Waals surface area (Å²) in [5.74, 6) is -0.851. The van der Waals surface area contributed by atoms with E-state index >= 15 is 0 Å². The maximum absolute atomic E-state index is 12.8. The third-order valence-electron chi connectivity index (χ3n) is 4.47. The average molecular weight is 488 g/mol. The summed E-state index contributed by atoms with van der Waals surface area (Å²) in [6.45, 7) is 7.69. The van der Waals surface area contributed by atoms with Crippen molar-refractivity contribution in [3.63, 3.8) is 0 Å². The number of amides is 1. The number of aliphatic carboxylic acids is 1. The van der Waals surface area contributed by atoms with Crippen molar-refractivity contribution in [2.24, 2.45) is 0 Å². The molecule has 2 aromatic heterocycles. The Balaban J connectivity index is 1.99. The molecule has 30 heavy (non-hydrogen) atoms.